The fraction of sp³-hybridized carbons (Fsp3) is 0.211. The molecule has 0 aliphatic heterocycles. The van der Waals surface area contributed by atoms with Gasteiger partial charge >= 0.3 is 0 Å². The van der Waals surface area contributed by atoms with Gasteiger partial charge in [0.1, 0.15) is 0 Å². The minimum absolute atomic E-state index is 0.0688. The van der Waals surface area contributed by atoms with E-state index in [0.717, 1.165) is 11.1 Å². The molecule has 2 aromatic carbocycles. The van der Waals surface area contributed by atoms with Gasteiger partial charge in [-0.3, -0.25) is 4.79 Å². The quantitative estimate of drug-likeness (QED) is 0.698. The third-order valence-corrected chi connectivity index (χ3v) is 3.88. The van der Waals surface area contributed by atoms with E-state index in [9.17, 15) is 4.79 Å². The minimum Gasteiger partial charge on any atom is -0.339 e. The van der Waals surface area contributed by atoms with E-state index in [0.29, 0.717) is 41.7 Å². The molecule has 0 unspecified atom stereocenters. The van der Waals surface area contributed by atoms with E-state index in [2.05, 4.69) is 15.5 Å². The molecule has 1 N–H and O–H groups in total. The number of halogens is 1. The molecule has 3 rings (SSSR count). The molecular weight excluding hydrogens is 338 g/mol. The lowest BCUT2D eigenvalue weighted by molar-refractivity contribution is -0.116. The molecule has 1 amide bonds. The number of nitrogens with zero attached hydrogens (tertiary/aromatic N) is 2. The van der Waals surface area contributed by atoms with Crippen molar-refractivity contribution < 1.29 is 9.32 Å². The Bertz CT molecular complexity index is 876. The molecule has 0 aliphatic rings. The number of hydrogen-bond donors (Lipinski definition) is 1. The second kappa shape index (κ2) is 7.94. The van der Waals surface area contributed by atoms with Crippen molar-refractivity contribution in [1.29, 1.82) is 0 Å². The highest BCUT2D eigenvalue weighted by Gasteiger charge is 2.10. The summed E-state index contributed by atoms with van der Waals surface area (Å²) in [6, 6.07) is 15.0. The first kappa shape index (κ1) is 17.2. The second-order valence-electron chi connectivity index (χ2n) is 5.79. The molecule has 6 heteroatoms. The molecule has 0 spiro atoms. The Balaban J connectivity index is 1.50. The monoisotopic (exact) mass is 355 g/mol. The fourth-order valence-electron chi connectivity index (χ4n) is 2.45. The van der Waals surface area contributed by atoms with Crippen molar-refractivity contribution in [3.63, 3.8) is 0 Å². The number of nitrogens with one attached hydrogen (secondary N) is 1. The molecule has 0 bridgehead atoms. The maximum Gasteiger partial charge on any atom is 0.226 e. The van der Waals surface area contributed by atoms with Crippen molar-refractivity contribution in [2.24, 2.45) is 0 Å². The molecular formula is C19H18ClN3O2. The van der Waals surface area contributed by atoms with Crippen molar-refractivity contribution in [3.05, 3.63) is 65.0 Å². The Morgan fingerprint density at radius 3 is 2.84 bits per heavy atom. The summed E-state index contributed by atoms with van der Waals surface area (Å²) in [6.45, 7) is 2.02. The molecule has 1 aromatic heterocycles. The van der Waals surface area contributed by atoms with Crippen LogP contribution in [0, 0.1) is 6.92 Å². The van der Waals surface area contributed by atoms with E-state index in [1.165, 1.54) is 0 Å². The van der Waals surface area contributed by atoms with E-state index < -0.39 is 0 Å². The number of anilines is 1. The zero-order chi connectivity index (χ0) is 17.6. The highest BCUT2D eigenvalue weighted by molar-refractivity contribution is 6.30. The van der Waals surface area contributed by atoms with Crippen LogP contribution in [-0.2, 0) is 11.2 Å². The van der Waals surface area contributed by atoms with Crippen LogP contribution >= 0.6 is 11.6 Å². The summed E-state index contributed by atoms with van der Waals surface area (Å²) >= 11 is 5.90. The lowest BCUT2D eigenvalue weighted by Gasteiger charge is -2.04. The third-order valence-electron chi connectivity index (χ3n) is 3.65. The first-order chi connectivity index (χ1) is 12.1. The van der Waals surface area contributed by atoms with Gasteiger partial charge < -0.3 is 9.84 Å². The van der Waals surface area contributed by atoms with Crippen LogP contribution in [0.1, 0.15) is 24.3 Å². The Kier molecular flexibility index (Phi) is 5.46. The number of aryl methyl sites for hydroxylation is 2. The Hall–Kier alpha value is -2.66. The number of carbonyl (C=O) groups excluding carboxylic acids is 1. The molecule has 128 valence electrons. The highest BCUT2D eigenvalue weighted by Crippen LogP contribution is 2.18. The molecule has 0 fully saturated rings. The normalized spacial score (nSPS) is 10.6. The Morgan fingerprint density at radius 2 is 2.04 bits per heavy atom. The number of hydrogen-bond acceptors (Lipinski definition) is 4. The predicted octanol–water partition coefficient (Wildman–Crippen LogP) is 4.66. The van der Waals surface area contributed by atoms with Gasteiger partial charge in [-0.15, -0.1) is 0 Å². The van der Waals surface area contributed by atoms with Gasteiger partial charge in [-0.25, -0.2) is 0 Å². The zero-order valence-electron chi connectivity index (χ0n) is 13.8. The summed E-state index contributed by atoms with van der Waals surface area (Å²) in [5.41, 5.74) is 2.76. The van der Waals surface area contributed by atoms with Gasteiger partial charge in [-0.1, -0.05) is 46.6 Å². The van der Waals surface area contributed by atoms with Gasteiger partial charge in [0, 0.05) is 29.1 Å². The SMILES string of the molecule is Cc1cccc(-c2noc(CCCC(=O)Nc3cccc(Cl)c3)n2)c1. The number of aromatic nitrogens is 2. The molecule has 0 radical (unpaired) electrons. The van der Waals surface area contributed by atoms with Gasteiger partial charge in [-0.2, -0.15) is 4.98 Å². The molecule has 5 nitrogen and oxygen atoms in total. The van der Waals surface area contributed by atoms with Gasteiger partial charge in [0.05, 0.1) is 0 Å². The lowest BCUT2D eigenvalue weighted by atomic mass is 10.1. The van der Waals surface area contributed by atoms with E-state index in [-0.39, 0.29) is 5.91 Å². The van der Waals surface area contributed by atoms with E-state index >= 15 is 0 Å². The molecule has 0 aliphatic carbocycles. The molecule has 0 atom stereocenters. The van der Waals surface area contributed by atoms with E-state index in [1.807, 2.05) is 31.2 Å². The van der Waals surface area contributed by atoms with Crippen LogP contribution in [0.2, 0.25) is 5.02 Å². The summed E-state index contributed by atoms with van der Waals surface area (Å²) in [6.07, 6.45) is 1.55. The number of amides is 1. The lowest BCUT2D eigenvalue weighted by Crippen LogP contribution is -2.11. The molecule has 0 saturated heterocycles. The first-order valence-corrected chi connectivity index (χ1v) is 8.43. The molecule has 3 aromatic rings. The number of benzene rings is 2. The zero-order valence-corrected chi connectivity index (χ0v) is 14.6. The van der Waals surface area contributed by atoms with Crippen molar-refractivity contribution in [1.82, 2.24) is 10.1 Å². The molecule has 1 heterocycles. The van der Waals surface area contributed by atoms with E-state index in [1.54, 1.807) is 24.3 Å². The Labute approximate surface area is 151 Å². The topological polar surface area (TPSA) is 68.0 Å². The van der Waals surface area contributed by atoms with Crippen LogP contribution in [-0.4, -0.2) is 16.0 Å². The number of rotatable bonds is 6. The minimum atomic E-state index is -0.0688. The van der Waals surface area contributed by atoms with Gasteiger partial charge in [0.15, 0.2) is 0 Å². The van der Waals surface area contributed by atoms with Crippen LogP contribution in [0.4, 0.5) is 5.69 Å². The average molecular weight is 356 g/mol. The predicted molar refractivity (Wildman–Crippen MR) is 97.5 cm³/mol. The fourth-order valence-corrected chi connectivity index (χ4v) is 2.64. The van der Waals surface area contributed by atoms with Crippen molar-refractivity contribution in [3.8, 4) is 11.4 Å². The van der Waals surface area contributed by atoms with Crippen LogP contribution in [0.3, 0.4) is 0 Å². The summed E-state index contributed by atoms with van der Waals surface area (Å²) in [5.74, 6) is 1.04. The summed E-state index contributed by atoms with van der Waals surface area (Å²) < 4.78 is 5.26. The highest BCUT2D eigenvalue weighted by atomic mass is 35.5. The van der Waals surface area contributed by atoms with Crippen LogP contribution < -0.4 is 5.32 Å². The van der Waals surface area contributed by atoms with Crippen LogP contribution in [0.5, 0.6) is 0 Å². The molecule has 0 saturated carbocycles. The summed E-state index contributed by atoms with van der Waals surface area (Å²) in [4.78, 5) is 16.3. The van der Waals surface area contributed by atoms with Crippen molar-refractivity contribution in [2.45, 2.75) is 26.2 Å². The first-order valence-electron chi connectivity index (χ1n) is 8.05. The average Bonchev–Trinajstić information content (AvgIpc) is 3.04. The summed E-state index contributed by atoms with van der Waals surface area (Å²) in [5, 5.41) is 7.41. The maximum atomic E-state index is 12.0. The third kappa shape index (κ3) is 4.90. The van der Waals surface area contributed by atoms with Gasteiger partial charge in [0.2, 0.25) is 17.6 Å². The Morgan fingerprint density at radius 1 is 1.20 bits per heavy atom. The largest absolute Gasteiger partial charge is 0.339 e. The second-order valence-corrected chi connectivity index (χ2v) is 6.23. The van der Waals surface area contributed by atoms with Crippen LogP contribution in [0.15, 0.2) is 53.1 Å². The smallest absolute Gasteiger partial charge is 0.226 e. The van der Waals surface area contributed by atoms with Crippen LogP contribution in [0.25, 0.3) is 11.4 Å². The molecule has 25 heavy (non-hydrogen) atoms. The standard InChI is InChI=1S/C19H18ClN3O2/c1-13-5-2-6-14(11-13)19-22-18(25-23-19)10-4-9-17(24)21-16-8-3-7-15(20)12-16/h2-3,5-8,11-12H,4,9-10H2,1H3,(H,21,24). The maximum absolute atomic E-state index is 12.0. The summed E-state index contributed by atoms with van der Waals surface area (Å²) in [7, 11) is 0. The van der Waals surface area contributed by atoms with Crippen molar-refractivity contribution >= 4 is 23.2 Å². The van der Waals surface area contributed by atoms with Gasteiger partial charge in [0.25, 0.3) is 0 Å². The number of carbonyl (C=O) groups is 1. The van der Waals surface area contributed by atoms with Crippen molar-refractivity contribution in [2.75, 3.05) is 5.32 Å². The van der Waals surface area contributed by atoms with E-state index in [4.69, 9.17) is 16.1 Å². The van der Waals surface area contributed by atoms with Gasteiger partial charge in [-0.05, 0) is 37.6 Å².